The highest BCUT2D eigenvalue weighted by Gasteiger charge is 2.40. The number of carbonyl (C=O) groups excluding carboxylic acids is 2. The molecular weight excluding hydrogens is 571 g/mol. The van der Waals surface area contributed by atoms with Crippen molar-refractivity contribution in [1.29, 1.82) is 0 Å². The van der Waals surface area contributed by atoms with Crippen LogP contribution in [0.2, 0.25) is 0 Å². The molecule has 2 atom stereocenters. The molecule has 0 bridgehead atoms. The molecular formula is C30H39Cl2F2N5O2. The normalized spacial score (nSPS) is 22.0. The summed E-state index contributed by atoms with van der Waals surface area (Å²) < 4.78 is 27.7. The Labute approximate surface area is 253 Å². The molecule has 3 aliphatic rings. The van der Waals surface area contributed by atoms with Crippen molar-refractivity contribution in [3.63, 3.8) is 0 Å². The van der Waals surface area contributed by atoms with Crippen molar-refractivity contribution in [2.45, 2.75) is 58.5 Å². The number of amides is 2. The van der Waals surface area contributed by atoms with E-state index in [2.05, 4.69) is 36.0 Å². The number of piperazine rings is 1. The Morgan fingerprint density at radius 1 is 1.17 bits per heavy atom. The molecule has 2 amide bonds. The van der Waals surface area contributed by atoms with E-state index in [1.807, 2.05) is 29.7 Å². The molecule has 0 unspecified atom stereocenters. The monoisotopic (exact) mass is 609 g/mol. The van der Waals surface area contributed by atoms with Gasteiger partial charge in [-0.15, -0.1) is 24.8 Å². The lowest BCUT2D eigenvalue weighted by molar-refractivity contribution is -0.126. The highest BCUT2D eigenvalue weighted by molar-refractivity contribution is 5.98. The summed E-state index contributed by atoms with van der Waals surface area (Å²) in [6.07, 6.45) is 1.99. The molecule has 0 saturated carbocycles. The standard InChI is InChI=1S/C30H37F2N5O2.2ClH/c1-18-13-36(29(39)20(18)3)15-24-11-33-19(2)14-35(24)16-28(38)37-17-30(4,5)25-12-34-23(10-27(25)37)8-21-6-7-22(31)9-26(21)32;;/h6-7,9-10,12,19,24,33H,8,11,13-17H2,1-5H3;2*1H/t19-,24-;;/m1../s1. The first kappa shape index (κ1) is 32.9. The van der Waals surface area contributed by atoms with Gasteiger partial charge < -0.3 is 15.1 Å². The number of anilines is 1. The van der Waals surface area contributed by atoms with E-state index >= 15 is 0 Å². The van der Waals surface area contributed by atoms with Gasteiger partial charge in [0.2, 0.25) is 11.8 Å². The summed E-state index contributed by atoms with van der Waals surface area (Å²) in [6, 6.07) is 5.67. The quantitative estimate of drug-likeness (QED) is 0.530. The van der Waals surface area contributed by atoms with Crippen LogP contribution >= 0.6 is 24.8 Å². The van der Waals surface area contributed by atoms with E-state index < -0.39 is 11.6 Å². The molecule has 7 nitrogen and oxygen atoms in total. The summed E-state index contributed by atoms with van der Waals surface area (Å²) in [4.78, 5) is 37.0. The van der Waals surface area contributed by atoms with Gasteiger partial charge in [0.25, 0.3) is 0 Å². The highest BCUT2D eigenvalue weighted by atomic mass is 35.5. The third-order valence-corrected chi connectivity index (χ3v) is 8.37. The van der Waals surface area contributed by atoms with Gasteiger partial charge in [-0.2, -0.15) is 0 Å². The fraction of sp³-hybridized carbons (Fsp3) is 0.500. The maximum atomic E-state index is 14.3. The van der Waals surface area contributed by atoms with Crippen LogP contribution in [0, 0.1) is 11.6 Å². The third kappa shape index (κ3) is 6.74. The number of halogens is 4. The minimum atomic E-state index is -0.618. The lowest BCUT2D eigenvalue weighted by atomic mass is 9.88. The van der Waals surface area contributed by atoms with Crippen molar-refractivity contribution in [2.24, 2.45) is 0 Å². The number of hydrogen-bond donors (Lipinski definition) is 1. The van der Waals surface area contributed by atoms with E-state index in [0.29, 0.717) is 44.0 Å². The molecule has 41 heavy (non-hydrogen) atoms. The Bertz CT molecular complexity index is 1350. The maximum absolute atomic E-state index is 14.3. The van der Waals surface area contributed by atoms with Crippen LogP contribution in [0.4, 0.5) is 14.5 Å². The molecule has 2 aromatic rings. The zero-order chi connectivity index (χ0) is 28.1. The second kappa shape index (κ2) is 12.7. The van der Waals surface area contributed by atoms with E-state index in [1.54, 1.807) is 6.20 Å². The molecule has 1 saturated heterocycles. The average molecular weight is 611 g/mol. The predicted molar refractivity (Wildman–Crippen MR) is 161 cm³/mol. The van der Waals surface area contributed by atoms with Crippen LogP contribution in [0.1, 0.15) is 51.4 Å². The molecule has 1 aromatic heterocycles. The molecule has 1 fully saturated rings. The van der Waals surface area contributed by atoms with Crippen molar-refractivity contribution in [3.05, 3.63) is 70.1 Å². The summed E-state index contributed by atoms with van der Waals surface area (Å²) in [5.74, 6) is -1.16. The molecule has 4 heterocycles. The average Bonchev–Trinajstić information content (AvgIpc) is 3.28. The molecule has 11 heteroatoms. The number of pyridine rings is 1. The Morgan fingerprint density at radius 3 is 2.56 bits per heavy atom. The Hall–Kier alpha value is -2.59. The van der Waals surface area contributed by atoms with E-state index in [0.717, 1.165) is 28.5 Å². The number of hydrogen-bond acceptors (Lipinski definition) is 5. The van der Waals surface area contributed by atoms with Crippen LogP contribution in [-0.4, -0.2) is 78.0 Å². The molecule has 0 spiro atoms. The summed E-state index contributed by atoms with van der Waals surface area (Å²) >= 11 is 0. The molecule has 1 N–H and O–H groups in total. The van der Waals surface area contributed by atoms with Gasteiger partial charge >= 0.3 is 0 Å². The van der Waals surface area contributed by atoms with Gasteiger partial charge in [-0.05, 0) is 44.0 Å². The number of benzene rings is 1. The predicted octanol–water partition coefficient (Wildman–Crippen LogP) is 4.26. The number of nitrogens with zero attached hydrogens (tertiary/aromatic N) is 4. The fourth-order valence-electron chi connectivity index (χ4n) is 5.94. The maximum Gasteiger partial charge on any atom is 0.249 e. The zero-order valence-corrected chi connectivity index (χ0v) is 25.8. The van der Waals surface area contributed by atoms with Gasteiger partial charge in [0.1, 0.15) is 11.6 Å². The van der Waals surface area contributed by atoms with Crippen LogP contribution in [-0.2, 0) is 21.4 Å². The summed E-state index contributed by atoms with van der Waals surface area (Å²) in [5, 5.41) is 3.50. The van der Waals surface area contributed by atoms with Gasteiger partial charge in [0.05, 0.1) is 12.2 Å². The topological polar surface area (TPSA) is 68.8 Å². The molecule has 0 radical (unpaired) electrons. The highest BCUT2D eigenvalue weighted by Crippen LogP contribution is 2.40. The Balaban J connectivity index is 0.00000231. The first-order chi connectivity index (χ1) is 18.4. The lowest BCUT2D eigenvalue weighted by Gasteiger charge is -2.41. The first-order valence-corrected chi connectivity index (χ1v) is 13.6. The number of aromatic nitrogens is 1. The summed E-state index contributed by atoms with van der Waals surface area (Å²) in [7, 11) is 0. The van der Waals surface area contributed by atoms with Crippen LogP contribution < -0.4 is 10.2 Å². The first-order valence-electron chi connectivity index (χ1n) is 13.6. The second-order valence-corrected chi connectivity index (χ2v) is 12.0. The Kier molecular flexibility index (Phi) is 10.2. The molecule has 224 valence electrons. The van der Waals surface area contributed by atoms with Crippen molar-refractivity contribution in [1.82, 2.24) is 20.1 Å². The van der Waals surface area contributed by atoms with Crippen molar-refractivity contribution in [2.75, 3.05) is 44.2 Å². The van der Waals surface area contributed by atoms with E-state index in [-0.39, 0.29) is 67.1 Å². The van der Waals surface area contributed by atoms with Crippen molar-refractivity contribution in [3.8, 4) is 0 Å². The van der Waals surface area contributed by atoms with Crippen molar-refractivity contribution < 1.29 is 18.4 Å². The third-order valence-electron chi connectivity index (χ3n) is 8.37. The van der Waals surface area contributed by atoms with Gasteiger partial charge in [0.15, 0.2) is 0 Å². The second-order valence-electron chi connectivity index (χ2n) is 12.0. The molecule has 1 aromatic carbocycles. The Morgan fingerprint density at radius 2 is 1.90 bits per heavy atom. The summed E-state index contributed by atoms with van der Waals surface area (Å²) in [6.45, 7) is 13.5. The largest absolute Gasteiger partial charge is 0.333 e. The number of carbonyl (C=O) groups is 2. The van der Waals surface area contributed by atoms with Gasteiger partial charge in [0, 0.05) is 85.7 Å². The minimum absolute atomic E-state index is 0. The van der Waals surface area contributed by atoms with E-state index in [9.17, 15) is 18.4 Å². The smallest absolute Gasteiger partial charge is 0.249 e. The number of rotatable bonds is 6. The van der Waals surface area contributed by atoms with E-state index in [4.69, 9.17) is 0 Å². The van der Waals surface area contributed by atoms with Gasteiger partial charge in [-0.25, -0.2) is 8.78 Å². The van der Waals surface area contributed by atoms with E-state index in [1.165, 1.54) is 12.1 Å². The van der Waals surface area contributed by atoms with Crippen LogP contribution in [0.25, 0.3) is 0 Å². The molecule has 0 aliphatic carbocycles. The van der Waals surface area contributed by atoms with Crippen molar-refractivity contribution >= 4 is 42.3 Å². The fourth-order valence-corrected chi connectivity index (χ4v) is 5.94. The van der Waals surface area contributed by atoms with Crippen LogP contribution in [0.5, 0.6) is 0 Å². The number of fused-ring (bicyclic) bond motifs is 1. The van der Waals surface area contributed by atoms with Crippen LogP contribution in [0.3, 0.4) is 0 Å². The summed E-state index contributed by atoms with van der Waals surface area (Å²) in [5.41, 5.74) is 4.38. The lowest BCUT2D eigenvalue weighted by Crippen LogP contribution is -2.61. The minimum Gasteiger partial charge on any atom is -0.333 e. The molecule has 3 aliphatic heterocycles. The molecule has 5 rings (SSSR count). The van der Waals surface area contributed by atoms with Crippen LogP contribution in [0.15, 0.2) is 41.6 Å². The number of nitrogens with one attached hydrogen (secondary N) is 1. The van der Waals surface area contributed by atoms with Gasteiger partial charge in [-0.1, -0.05) is 19.9 Å². The SMILES string of the molecule is CC1=C(C)C(=O)N(C[C@H]2CN[C@H](C)CN2CC(=O)N2CC(C)(C)c3cnc(Cc4ccc(F)cc4F)cc32)C1.Cl.Cl. The van der Waals surface area contributed by atoms with Gasteiger partial charge in [-0.3, -0.25) is 19.5 Å². The zero-order valence-electron chi connectivity index (χ0n) is 24.2.